The monoisotopic (exact) mass is 399 g/mol. The maximum atomic E-state index is 11.8. The van der Waals surface area contributed by atoms with Gasteiger partial charge < -0.3 is 21.5 Å². The highest BCUT2D eigenvalue weighted by molar-refractivity contribution is 7.21. The number of fused-ring (bicyclic) bond motifs is 1. The number of ether oxygens (including phenoxy) is 1. The number of amides is 1. The molecule has 7 nitrogen and oxygen atoms in total. The van der Waals surface area contributed by atoms with Gasteiger partial charge in [-0.3, -0.25) is 4.79 Å². The first kappa shape index (κ1) is 17.7. The minimum atomic E-state index is -0.597. The second-order valence-corrected chi connectivity index (χ2v) is 8.15. The molecule has 3 aromatic heterocycles. The van der Waals surface area contributed by atoms with Gasteiger partial charge in [-0.2, -0.15) is 5.26 Å². The molecule has 1 aliphatic rings. The molecule has 0 spiro atoms. The molecule has 0 saturated carbocycles. The van der Waals surface area contributed by atoms with Gasteiger partial charge in [0, 0.05) is 29.0 Å². The third kappa shape index (κ3) is 3.12. The maximum absolute atomic E-state index is 11.8. The van der Waals surface area contributed by atoms with Crippen molar-refractivity contribution in [3.8, 4) is 16.5 Å². The summed E-state index contributed by atoms with van der Waals surface area (Å²) in [4.78, 5) is 18.1. The first-order chi connectivity index (χ1) is 13.1. The summed E-state index contributed by atoms with van der Waals surface area (Å²) in [7, 11) is 0. The molecule has 5 N–H and O–H groups in total. The number of nitrogen functional groups attached to an aromatic ring is 1. The van der Waals surface area contributed by atoms with E-state index in [2.05, 4.69) is 16.4 Å². The van der Waals surface area contributed by atoms with Crippen molar-refractivity contribution < 1.29 is 9.53 Å². The van der Waals surface area contributed by atoms with Crippen molar-refractivity contribution in [2.24, 2.45) is 5.73 Å². The average Bonchev–Trinajstić information content (AvgIpc) is 3.40. The number of pyridine rings is 1. The number of nitriles is 1. The summed E-state index contributed by atoms with van der Waals surface area (Å²) >= 11 is 2.65. The Morgan fingerprint density at radius 3 is 3.00 bits per heavy atom. The van der Waals surface area contributed by atoms with E-state index in [0.29, 0.717) is 33.7 Å². The number of nitrogens with one attached hydrogen (secondary N) is 1. The van der Waals surface area contributed by atoms with Crippen molar-refractivity contribution in [3.05, 3.63) is 28.0 Å². The van der Waals surface area contributed by atoms with Crippen LogP contribution in [0.5, 0.6) is 0 Å². The van der Waals surface area contributed by atoms with Crippen molar-refractivity contribution in [2.75, 3.05) is 24.2 Å². The van der Waals surface area contributed by atoms with E-state index in [0.717, 1.165) is 35.7 Å². The smallest absolute Gasteiger partial charge is 0.260 e. The molecule has 27 heavy (non-hydrogen) atoms. The summed E-state index contributed by atoms with van der Waals surface area (Å²) in [5, 5.41) is 15.7. The predicted octanol–water partition coefficient (Wildman–Crippen LogP) is 3.17. The van der Waals surface area contributed by atoms with Crippen LogP contribution in [-0.4, -0.2) is 30.1 Å². The molecule has 0 aliphatic carbocycles. The highest BCUT2D eigenvalue weighted by atomic mass is 32.1. The molecule has 138 valence electrons. The molecule has 1 saturated heterocycles. The van der Waals surface area contributed by atoms with Crippen LogP contribution < -0.4 is 16.8 Å². The third-order valence-electron chi connectivity index (χ3n) is 4.50. The zero-order chi connectivity index (χ0) is 19.0. The highest BCUT2D eigenvalue weighted by Crippen LogP contribution is 2.44. The van der Waals surface area contributed by atoms with Crippen molar-refractivity contribution in [1.82, 2.24) is 4.98 Å². The number of anilines is 2. The molecule has 0 aromatic carbocycles. The normalized spacial score (nSPS) is 16.5. The van der Waals surface area contributed by atoms with E-state index < -0.39 is 5.91 Å². The van der Waals surface area contributed by atoms with E-state index in [-0.39, 0.29) is 16.7 Å². The number of rotatable bonds is 5. The predicted molar refractivity (Wildman–Crippen MR) is 108 cm³/mol. The van der Waals surface area contributed by atoms with E-state index in [9.17, 15) is 10.1 Å². The Morgan fingerprint density at radius 2 is 2.37 bits per heavy atom. The number of aromatic nitrogens is 1. The standard InChI is InChI=1S/C18H17N5O2S2/c19-7-10-12(11-4-2-6-26-11)13-14(20)15(16(21)24)27-18(13)23-17(10)22-8-9-3-1-5-25-9/h2,4,6,9H,1,3,5,8,20H2,(H2,21,24)(H,22,23). The molecule has 4 rings (SSSR count). The topological polar surface area (TPSA) is 127 Å². The maximum Gasteiger partial charge on any atom is 0.260 e. The third-order valence-corrected chi connectivity index (χ3v) is 6.50. The molecule has 3 aromatic rings. The lowest BCUT2D eigenvalue weighted by molar-refractivity contribution is 0.100. The van der Waals surface area contributed by atoms with Crippen LogP contribution in [0.25, 0.3) is 20.7 Å². The number of nitrogens with zero attached hydrogens (tertiary/aromatic N) is 2. The summed E-state index contributed by atoms with van der Waals surface area (Å²) in [6, 6.07) is 6.09. The van der Waals surface area contributed by atoms with Crippen molar-refractivity contribution in [1.29, 1.82) is 5.26 Å². The lowest BCUT2D eigenvalue weighted by atomic mass is 10.0. The molecule has 1 aliphatic heterocycles. The Kier molecular flexibility index (Phi) is 4.70. The van der Waals surface area contributed by atoms with Crippen molar-refractivity contribution >= 4 is 50.3 Å². The van der Waals surface area contributed by atoms with Crippen molar-refractivity contribution in [3.63, 3.8) is 0 Å². The average molecular weight is 400 g/mol. The van der Waals surface area contributed by atoms with Crippen LogP contribution in [0.1, 0.15) is 28.1 Å². The lowest BCUT2D eigenvalue weighted by Crippen LogP contribution is -2.19. The molecular weight excluding hydrogens is 382 g/mol. The van der Waals surface area contributed by atoms with Gasteiger partial charge in [0.2, 0.25) is 0 Å². The number of primary amides is 1. The lowest BCUT2D eigenvalue weighted by Gasteiger charge is -2.14. The molecule has 0 radical (unpaired) electrons. The molecule has 4 heterocycles. The Bertz CT molecular complexity index is 1050. The summed E-state index contributed by atoms with van der Waals surface area (Å²) in [5.74, 6) is -0.124. The molecule has 0 bridgehead atoms. The van der Waals surface area contributed by atoms with E-state index in [1.807, 2.05) is 17.5 Å². The van der Waals surface area contributed by atoms with Gasteiger partial charge in [0.25, 0.3) is 5.91 Å². The van der Waals surface area contributed by atoms with Crippen LogP contribution >= 0.6 is 22.7 Å². The van der Waals surface area contributed by atoms with Gasteiger partial charge in [-0.1, -0.05) is 6.07 Å². The quantitative estimate of drug-likeness (QED) is 0.605. The number of carbonyl (C=O) groups is 1. The van der Waals surface area contributed by atoms with Gasteiger partial charge >= 0.3 is 0 Å². The molecule has 9 heteroatoms. The van der Waals surface area contributed by atoms with Crippen LogP contribution in [-0.2, 0) is 4.74 Å². The van der Waals surface area contributed by atoms with Gasteiger partial charge in [0.1, 0.15) is 27.2 Å². The van der Waals surface area contributed by atoms with E-state index >= 15 is 0 Å². The Morgan fingerprint density at radius 1 is 1.52 bits per heavy atom. The largest absolute Gasteiger partial charge is 0.397 e. The van der Waals surface area contributed by atoms with Crippen LogP contribution in [0.15, 0.2) is 17.5 Å². The fourth-order valence-corrected chi connectivity index (χ4v) is 5.00. The van der Waals surface area contributed by atoms with E-state index in [1.54, 1.807) is 0 Å². The van der Waals surface area contributed by atoms with Gasteiger partial charge in [0.05, 0.1) is 11.8 Å². The molecule has 1 amide bonds. The second kappa shape index (κ2) is 7.15. The van der Waals surface area contributed by atoms with Gasteiger partial charge in [0.15, 0.2) is 0 Å². The second-order valence-electron chi connectivity index (χ2n) is 6.20. The first-order valence-corrected chi connectivity index (χ1v) is 10.1. The summed E-state index contributed by atoms with van der Waals surface area (Å²) in [6.45, 7) is 1.33. The minimum absolute atomic E-state index is 0.105. The number of thiophene rings is 2. The van der Waals surface area contributed by atoms with Gasteiger partial charge in [-0.15, -0.1) is 22.7 Å². The van der Waals surface area contributed by atoms with Crippen LogP contribution in [0.3, 0.4) is 0 Å². The Labute approximate surface area is 163 Å². The van der Waals surface area contributed by atoms with Crippen LogP contribution in [0, 0.1) is 11.3 Å². The highest BCUT2D eigenvalue weighted by Gasteiger charge is 2.25. The number of nitrogens with two attached hydrogens (primary N) is 2. The fourth-order valence-electron chi connectivity index (χ4n) is 3.26. The van der Waals surface area contributed by atoms with Crippen molar-refractivity contribution in [2.45, 2.75) is 18.9 Å². The summed E-state index contributed by atoms with van der Waals surface area (Å²) < 4.78 is 5.64. The number of hydrogen-bond acceptors (Lipinski definition) is 8. The van der Waals surface area contributed by atoms with Gasteiger partial charge in [-0.05, 0) is 24.3 Å². The summed E-state index contributed by atoms with van der Waals surface area (Å²) in [5.41, 5.74) is 13.1. The van der Waals surface area contributed by atoms with E-state index in [1.165, 1.54) is 11.3 Å². The Balaban J connectivity index is 1.91. The zero-order valence-corrected chi connectivity index (χ0v) is 16.0. The molecule has 1 atom stereocenters. The SMILES string of the molecule is N#Cc1c(NCC2CCCO2)nc2sc(C(N)=O)c(N)c2c1-c1cccs1. The fraction of sp³-hybridized carbons (Fsp3) is 0.278. The van der Waals surface area contributed by atoms with Crippen LogP contribution in [0.2, 0.25) is 0 Å². The molecule has 1 fully saturated rings. The van der Waals surface area contributed by atoms with Gasteiger partial charge in [-0.25, -0.2) is 4.98 Å². The number of hydrogen-bond donors (Lipinski definition) is 3. The Hall–Kier alpha value is -2.67. The minimum Gasteiger partial charge on any atom is -0.397 e. The van der Waals surface area contributed by atoms with E-state index in [4.69, 9.17) is 16.2 Å². The summed E-state index contributed by atoms with van der Waals surface area (Å²) in [6.07, 6.45) is 2.12. The molecule has 1 unspecified atom stereocenters. The first-order valence-electron chi connectivity index (χ1n) is 8.45. The molecular formula is C18H17N5O2S2. The zero-order valence-electron chi connectivity index (χ0n) is 14.3. The van der Waals surface area contributed by atoms with Crippen LogP contribution in [0.4, 0.5) is 11.5 Å². The number of carbonyl (C=O) groups excluding carboxylic acids is 1.